The summed E-state index contributed by atoms with van der Waals surface area (Å²) in [6.07, 6.45) is 6.33. The highest BCUT2D eigenvalue weighted by Gasteiger charge is 2.01. The molecule has 5 nitrogen and oxygen atoms in total. The Bertz CT molecular complexity index is 769. The Hall–Kier alpha value is -3.13. The molecule has 0 aliphatic carbocycles. The molecule has 0 aliphatic heterocycles. The fourth-order valence-corrected chi connectivity index (χ4v) is 2.11. The second-order valence-corrected chi connectivity index (χ2v) is 4.85. The predicted octanol–water partition coefficient (Wildman–Crippen LogP) is 2.79. The third kappa shape index (κ3) is 3.30. The van der Waals surface area contributed by atoms with Gasteiger partial charge >= 0.3 is 0 Å². The van der Waals surface area contributed by atoms with Gasteiger partial charge in [-0.15, -0.1) is 0 Å². The van der Waals surface area contributed by atoms with Crippen LogP contribution in [0.5, 0.6) is 0 Å². The van der Waals surface area contributed by atoms with E-state index in [4.69, 9.17) is 5.26 Å². The minimum atomic E-state index is 0.565. The zero-order chi connectivity index (χ0) is 15.2. The van der Waals surface area contributed by atoms with Crippen LogP contribution < -0.4 is 5.32 Å². The predicted molar refractivity (Wildman–Crippen MR) is 84.7 cm³/mol. The summed E-state index contributed by atoms with van der Waals surface area (Å²) in [4.78, 5) is 4.18. The maximum atomic E-state index is 8.73. The SMILES string of the molecule is N#Cc1ccc(NCCc2cnn(-c3ccccc3)c2)nc1. The van der Waals surface area contributed by atoms with E-state index in [0.717, 1.165) is 30.0 Å². The van der Waals surface area contributed by atoms with Gasteiger partial charge in [0.1, 0.15) is 11.9 Å². The van der Waals surface area contributed by atoms with E-state index in [1.807, 2.05) is 53.5 Å². The van der Waals surface area contributed by atoms with E-state index < -0.39 is 0 Å². The summed E-state index contributed by atoms with van der Waals surface area (Å²) >= 11 is 0. The number of nitriles is 1. The van der Waals surface area contributed by atoms with E-state index in [9.17, 15) is 0 Å². The molecule has 2 aromatic heterocycles. The fraction of sp³-hybridized carbons (Fsp3) is 0.118. The molecule has 3 rings (SSSR count). The van der Waals surface area contributed by atoms with Gasteiger partial charge in [0, 0.05) is 18.9 Å². The first-order valence-corrected chi connectivity index (χ1v) is 7.04. The molecule has 0 bridgehead atoms. The smallest absolute Gasteiger partial charge is 0.125 e. The number of benzene rings is 1. The molecule has 1 N–H and O–H groups in total. The maximum Gasteiger partial charge on any atom is 0.125 e. The molecule has 0 unspecified atom stereocenters. The van der Waals surface area contributed by atoms with Crippen LogP contribution in [0, 0.1) is 11.3 Å². The van der Waals surface area contributed by atoms with Crippen molar-refractivity contribution in [3.05, 3.63) is 72.2 Å². The Labute approximate surface area is 128 Å². The van der Waals surface area contributed by atoms with Gasteiger partial charge in [0.05, 0.1) is 17.4 Å². The Balaban J connectivity index is 1.56. The molecule has 0 saturated heterocycles. The normalized spacial score (nSPS) is 10.1. The first-order chi connectivity index (χ1) is 10.8. The molecule has 22 heavy (non-hydrogen) atoms. The van der Waals surface area contributed by atoms with E-state index in [2.05, 4.69) is 21.5 Å². The molecule has 2 heterocycles. The largest absolute Gasteiger partial charge is 0.370 e. The van der Waals surface area contributed by atoms with Crippen molar-refractivity contribution < 1.29 is 0 Å². The standard InChI is InChI=1S/C17H15N5/c18-10-14-6-7-17(20-11-14)19-9-8-15-12-21-22(13-15)16-4-2-1-3-5-16/h1-7,11-13H,8-9H2,(H,19,20). The van der Waals surface area contributed by atoms with Gasteiger partial charge in [-0.2, -0.15) is 10.4 Å². The van der Waals surface area contributed by atoms with Gasteiger partial charge < -0.3 is 5.32 Å². The molecule has 0 fully saturated rings. The molecule has 1 aromatic carbocycles. The van der Waals surface area contributed by atoms with Crippen LogP contribution in [0.2, 0.25) is 0 Å². The van der Waals surface area contributed by atoms with Crippen molar-refractivity contribution in [2.75, 3.05) is 11.9 Å². The van der Waals surface area contributed by atoms with E-state index in [1.54, 1.807) is 12.3 Å². The minimum Gasteiger partial charge on any atom is -0.370 e. The fourth-order valence-electron chi connectivity index (χ4n) is 2.11. The monoisotopic (exact) mass is 289 g/mol. The summed E-state index contributed by atoms with van der Waals surface area (Å²) in [5.74, 6) is 0.773. The van der Waals surface area contributed by atoms with Crippen LogP contribution in [0.3, 0.4) is 0 Å². The van der Waals surface area contributed by atoms with Crippen molar-refractivity contribution >= 4 is 5.82 Å². The molecule has 0 saturated carbocycles. The first kappa shape index (κ1) is 13.8. The Kier molecular flexibility index (Phi) is 4.12. The molecule has 0 spiro atoms. The van der Waals surface area contributed by atoms with Crippen LogP contribution in [0.4, 0.5) is 5.82 Å². The summed E-state index contributed by atoms with van der Waals surface area (Å²) in [5, 5.41) is 16.3. The number of rotatable bonds is 5. The molecule has 3 aromatic rings. The van der Waals surface area contributed by atoms with Crippen molar-refractivity contribution in [1.29, 1.82) is 5.26 Å². The summed E-state index contributed by atoms with van der Waals surface area (Å²) in [6, 6.07) is 15.6. The van der Waals surface area contributed by atoms with Crippen LogP contribution in [0.15, 0.2) is 61.1 Å². The zero-order valence-corrected chi connectivity index (χ0v) is 12.0. The quantitative estimate of drug-likeness (QED) is 0.784. The molecule has 0 atom stereocenters. The first-order valence-electron chi connectivity index (χ1n) is 7.04. The van der Waals surface area contributed by atoms with Crippen LogP contribution >= 0.6 is 0 Å². The topological polar surface area (TPSA) is 66.5 Å². The van der Waals surface area contributed by atoms with E-state index in [0.29, 0.717) is 5.56 Å². The number of nitrogens with one attached hydrogen (secondary N) is 1. The molecular formula is C17H15N5. The minimum absolute atomic E-state index is 0.565. The van der Waals surface area contributed by atoms with Crippen LogP contribution in [0.25, 0.3) is 5.69 Å². The third-order valence-corrected chi connectivity index (χ3v) is 3.27. The van der Waals surface area contributed by atoms with Gasteiger partial charge in [0.2, 0.25) is 0 Å². The van der Waals surface area contributed by atoms with Crippen molar-refractivity contribution in [1.82, 2.24) is 14.8 Å². The Morgan fingerprint density at radius 3 is 2.68 bits per heavy atom. The average Bonchev–Trinajstić information content (AvgIpc) is 3.05. The zero-order valence-electron chi connectivity index (χ0n) is 12.0. The molecular weight excluding hydrogens is 274 g/mol. The van der Waals surface area contributed by atoms with Crippen LogP contribution in [-0.2, 0) is 6.42 Å². The van der Waals surface area contributed by atoms with E-state index in [-0.39, 0.29) is 0 Å². The molecule has 0 amide bonds. The van der Waals surface area contributed by atoms with Gasteiger partial charge in [-0.1, -0.05) is 18.2 Å². The highest BCUT2D eigenvalue weighted by Crippen LogP contribution is 2.09. The Morgan fingerprint density at radius 1 is 1.09 bits per heavy atom. The van der Waals surface area contributed by atoms with Crippen molar-refractivity contribution in [3.63, 3.8) is 0 Å². The average molecular weight is 289 g/mol. The van der Waals surface area contributed by atoms with Gasteiger partial charge in [-0.05, 0) is 36.2 Å². The second-order valence-electron chi connectivity index (χ2n) is 4.85. The van der Waals surface area contributed by atoms with Crippen molar-refractivity contribution in [2.45, 2.75) is 6.42 Å². The van der Waals surface area contributed by atoms with Crippen LogP contribution in [-0.4, -0.2) is 21.3 Å². The summed E-state index contributed by atoms with van der Waals surface area (Å²) < 4.78 is 1.87. The van der Waals surface area contributed by atoms with Gasteiger partial charge in [0.25, 0.3) is 0 Å². The lowest BCUT2D eigenvalue weighted by Crippen LogP contribution is -2.05. The molecule has 0 radical (unpaired) electrons. The third-order valence-electron chi connectivity index (χ3n) is 3.27. The lowest BCUT2D eigenvalue weighted by Gasteiger charge is -2.04. The van der Waals surface area contributed by atoms with Crippen LogP contribution in [0.1, 0.15) is 11.1 Å². The number of anilines is 1. The highest BCUT2D eigenvalue weighted by atomic mass is 15.3. The number of pyridine rings is 1. The summed E-state index contributed by atoms with van der Waals surface area (Å²) in [5.41, 5.74) is 2.77. The Morgan fingerprint density at radius 2 is 1.95 bits per heavy atom. The number of hydrogen-bond acceptors (Lipinski definition) is 4. The van der Waals surface area contributed by atoms with Gasteiger partial charge in [-0.3, -0.25) is 0 Å². The lowest BCUT2D eigenvalue weighted by atomic mass is 10.2. The molecule has 0 aliphatic rings. The molecule has 108 valence electrons. The summed E-state index contributed by atoms with van der Waals surface area (Å²) in [6.45, 7) is 0.763. The van der Waals surface area contributed by atoms with Gasteiger partial charge in [0.15, 0.2) is 0 Å². The maximum absolute atomic E-state index is 8.73. The second kappa shape index (κ2) is 6.55. The van der Waals surface area contributed by atoms with E-state index in [1.165, 1.54) is 0 Å². The molecule has 5 heteroatoms. The number of para-hydroxylation sites is 1. The van der Waals surface area contributed by atoms with E-state index >= 15 is 0 Å². The number of nitrogens with zero attached hydrogens (tertiary/aromatic N) is 4. The van der Waals surface area contributed by atoms with Gasteiger partial charge in [-0.25, -0.2) is 9.67 Å². The van der Waals surface area contributed by atoms with Crippen molar-refractivity contribution in [3.8, 4) is 11.8 Å². The number of hydrogen-bond donors (Lipinski definition) is 1. The lowest BCUT2D eigenvalue weighted by molar-refractivity contribution is 0.879. The number of aromatic nitrogens is 3. The highest BCUT2D eigenvalue weighted by molar-refractivity contribution is 5.39. The summed E-state index contributed by atoms with van der Waals surface area (Å²) in [7, 11) is 0. The van der Waals surface area contributed by atoms with Crippen molar-refractivity contribution in [2.24, 2.45) is 0 Å².